The summed E-state index contributed by atoms with van der Waals surface area (Å²) in [6.07, 6.45) is 5.18. The Morgan fingerprint density at radius 1 is 1.00 bits per heavy atom. The summed E-state index contributed by atoms with van der Waals surface area (Å²) in [5, 5.41) is 16.4. The van der Waals surface area contributed by atoms with Crippen LogP contribution in [0.15, 0.2) is 60.9 Å². The van der Waals surface area contributed by atoms with Gasteiger partial charge in [-0.05, 0) is 55.7 Å². The van der Waals surface area contributed by atoms with E-state index in [0.717, 1.165) is 54.1 Å². The first-order chi connectivity index (χ1) is 16.7. The Labute approximate surface area is 197 Å². The fraction of sp³-hybridized carbons (Fsp3) is 0.280. The Hall–Kier alpha value is -3.98. The highest BCUT2D eigenvalue weighted by atomic mass is 16.5. The predicted octanol–water partition coefficient (Wildman–Crippen LogP) is 3.78. The standard InChI is InChI=1S/C17H13N5O.C8H15NO2/c18-16-14-15(21-22-17(14)20-10-19-16)11-6-8-13(9-7-11)23-12-4-2-1-3-5-12;10-7-4-8(11)9-5-2-1-3-6-9/h1-10H,(H3,18,19,20,21,22);10H,1-7H2. The molecule has 0 unspecified atom stereocenters. The van der Waals surface area contributed by atoms with Crippen LogP contribution in [0.25, 0.3) is 22.3 Å². The van der Waals surface area contributed by atoms with E-state index in [2.05, 4.69) is 20.2 Å². The minimum absolute atomic E-state index is 0.0185. The number of amides is 1. The Balaban J connectivity index is 0.000000210. The zero-order valence-electron chi connectivity index (χ0n) is 18.9. The van der Waals surface area contributed by atoms with Crippen LogP contribution in [0.4, 0.5) is 5.82 Å². The highest BCUT2D eigenvalue weighted by Crippen LogP contribution is 2.30. The average molecular weight is 461 g/mol. The number of nitrogens with two attached hydrogens (primary N) is 1. The molecule has 1 amide bonds. The Morgan fingerprint density at radius 2 is 1.71 bits per heavy atom. The summed E-state index contributed by atoms with van der Waals surface area (Å²) >= 11 is 0. The molecule has 1 saturated heterocycles. The number of aliphatic hydroxyl groups excluding tert-OH is 1. The molecule has 3 heterocycles. The van der Waals surface area contributed by atoms with E-state index in [9.17, 15) is 4.79 Å². The third kappa shape index (κ3) is 5.68. The van der Waals surface area contributed by atoms with Gasteiger partial charge >= 0.3 is 0 Å². The summed E-state index contributed by atoms with van der Waals surface area (Å²) in [7, 11) is 0. The van der Waals surface area contributed by atoms with Crippen LogP contribution in [-0.2, 0) is 4.79 Å². The molecule has 0 atom stereocenters. The number of nitrogens with zero attached hydrogens (tertiary/aromatic N) is 4. The number of hydrogen-bond acceptors (Lipinski definition) is 7. The lowest BCUT2D eigenvalue weighted by atomic mass is 10.1. The second-order valence-electron chi connectivity index (χ2n) is 7.91. The topological polar surface area (TPSA) is 130 Å². The van der Waals surface area contributed by atoms with Crippen LogP contribution in [0.2, 0.25) is 0 Å². The number of aromatic nitrogens is 4. The molecule has 0 aliphatic carbocycles. The molecular formula is C25H28N6O3. The van der Waals surface area contributed by atoms with Crippen LogP contribution < -0.4 is 10.5 Å². The van der Waals surface area contributed by atoms with Crippen LogP contribution in [0.5, 0.6) is 11.5 Å². The van der Waals surface area contributed by atoms with Gasteiger partial charge in [0.25, 0.3) is 0 Å². The molecule has 2 aromatic carbocycles. The number of fused-ring (bicyclic) bond motifs is 1. The van der Waals surface area contributed by atoms with Crippen molar-refractivity contribution in [2.45, 2.75) is 25.7 Å². The van der Waals surface area contributed by atoms with E-state index in [0.29, 0.717) is 17.9 Å². The van der Waals surface area contributed by atoms with E-state index in [4.69, 9.17) is 15.6 Å². The van der Waals surface area contributed by atoms with Gasteiger partial charge in [-0.2, -0.15) is 5.10 Å². The number of piperidine rings is 1. The van der Waals surface area contributed by atoms with Gasteiger partial charge < -0.3 is 20.5 Å². The van der Waals surface area contributed by atoms with Crippen molar-refractivity contribution in [3.05, 3.63) is 60.9 Å². The van der Waals surface area contributed by atoms with Crippen molar-refractivity contribution in [3.8, 4) is 22.8 Å². The fourth-order valence-electron chi connectivity index (χ4n) is 3.80. The van der Waals surface area contributed by atoms with Crippen LogP contribution in [0.1, 0.15) is 25.7 Å². The van der Waals surface area contributed by atoms with Gasteiger partial charge in [-0.15, -0.1) is 0 Å². The third-order valence-corrected chi connectivity index (χ3v) is 5.54. The van der Waals surface area contributed by atoms with E-state index in [1.54, 1.807) is 0 Å². The van der Waals surface area contributed by atoms with Crippen molar-refractivity contribution >= 4 is 22.8 Å². The number of nitrogens with one attached hydrogen (secondary N) is 1. The van der Waals surface area contributed by atoms with E-state index < -0.39 is 0 Å². The van der Waals surface area contributed by atoms with Crippen molar-refractivity contribution < 1.29 is 14.6 Å². The van der Waals surface area contributed by atoms with Crippen molar-refractivity contribution in [2.24, 2.45) is 0 Å². The third-order valence-electron chi connectivity index (χ3n) is 5.54. The maximum atomic E-state index is 11.2. The maximum absolute atomic E-state index is 11.2. The Kier molecular flexibility index (Phi) is 7.67. The summed E-state index contributed by atoms with van der Waals surface area (Å²) in [6, 6.07) is 17.3. The maximum Gasteiger partial charge on any atom is 0.224 e. The lowest BCUT2D eigenvalue weighted by molar-refractivity contribution is -0.132. The van der Waals surface area contributed by atoms with Crippen LogP contribution >= 0.6 is 0 Å². The molecule has 176 valence electrons. The highest BCUT2D eigenvalue weighted by molar-refractivity contribution is 5.97. The number of nitrogen functional groups attached to an aromatic ring is 1. The minimum atomic E-state index is -0.0185. The molecule has 9 nitrogen and oxygen atoms in total. The minimum Gasteiger partial charge on any atom is -0.457 e. The number of likely N-dealkylation sites (tertiary alicyclic amines) is 1. The molecule has 4 N–H and O–H groups in total. The molecule has 0 radical (unpaired) electrons. The number of hydrogen-bond donors (Lipinski definition) is 3. The molecule has 34 heavy (non-hydrogen) atoms. The average Bonchev–Trinajstić information content (AvgIpc) is 3.32. The van der Waals surface area contributed by atoms with Gasteiger partial charge in [0.05, 0.1) is 17.7 Å². The Morgan fingerprint density at radius 3 is 2.41 bits per heavy atom. The summed E-state index contributed by atoms with van der Waals surface area (Å²) in [5.74, 6) is 2.06. The molecular weight excluding hydrogens is 432 g/mol. The van der Waals surface area contributed by atoms with Gasteiger partial charge in [0.15, 0.2) is 5.65 Å². The fourth-order valence-corrected chi connectivity index (χ4v) is 3.80. The number of ether oxygens (including phenoxy) is 1. The highest BCUT2D eigenvalue weighted by Gasteiger charge is 2.15. The van der Waals surface area contributed by atoms with Gasteiger partial charge in [0.1, 0.15) is 23.6 Å². The van der Waals surface area contributed by atoms with Crippen molar-refractivity contribution in [1.82, 2.24) is 25.1 Å². The largest absolute Gasteiger partial charge is 0.457 e. The van der Waals surface area contributed by atoms with Gasteiger partial charge in [-0.25, -0.2) is 9.97 Å². The first-order valence-corrected chi connectivity index (χ1v) is 11.3. The van der Waals surface area contributed by atoms with Crippen molar-refractivity contribution in [1.29, 1.82) is 0 Å². The smallest absolute Gasteiger partial charge is 0.224 e. The van der Waals surface area contributed by atoms with Crippen LogP contribution in [0, 0.1) is 0 Å². The molecule has 1 fully saturated rings. The number of carbonyl (C=O) groups excluding carboxylic acids is 1. The van der Waals surface area contributed by atoms with E-state index in [1.807, 2.05) is 59.5 Å². The van der Waals surface area contributed by atoms with Crippen LogP contribution in [-0.4, -0.2) is 55.8 Å². The molecule has 0 spiro atoms. The van der Waals surface area contributed by atoms with Gasteiger partial charge in [-0.1, -0.05) is 18.2 Å². The molecule has 1 aliphatic rings. The number of para-hydroxylation sites is 1. The Bertz CT molecular complexity index is 1200. The number of benzene rings is 2. The summed E-state index contributed by atoms with van der Waals surface area (Å²) < 4.78 is 5.79. The molecule has 4 aromatic rings. The number of aliphatic hydroxyl groups is 1. The normalized spacial score (nSPS) is 13.3. The lowest BCUT2D eigenvalue weighted by Gasteiger charge is -2.26. The van der Waals surface area contributed by atoms with E-state index in [1.165, 1.54) is 12.7 Å². The second kappa shape index (κ2) is 11.2. The monoisotopic (exact) mass is 460 g/mol. The van der Waals surface area contributed by atoms with Gasteiger partial charge in [0.2, 0.25) is 5.91 Å². The predicted molar refractivity (Wildman–Crippen MR) is 130 cm³/mol. The molecule has 1 aliphatic heterocycles. The molecule has 9 heteroatoms. The molecule has 2 aromatic heterocycles. The van der Waals surface area contributed by atoms with Crippen LogP contribution in [0.3, 0.4) is 0 Å². The summed E-state index contributed by atoms with van der Waals surface area (Å²) in [6.45, 7) is 1.76. The number of anilines is 1. The van der Waals surface area contributed by atoms with Crippen molar-refractivity contribution in [2.75, 3.05) is 25.4 Å². The number of carbonyl (C=O) groups is 1. The molecule has 5 rings (SSSR count). The lowest BCUT2D eigenvalue weighted by Crippen LogP contribution is -2.35. The SMILES string of the molecule is Nc1ncnc2n[nH]c(-c3ccc(Oc4ccccc4)cc3)c12.O=C(CCO)N1CCCCC1. The van der Waals surface area contributed by atoms with E-state index in [-0.39, 0.29) is 12.5 Å². The first kappa shape index (κ1) is 23.2. The van der Waals surface area contributed by atoms with Gasteiger partial charge in [0, 0.05) is 25.1 Å². The summed E-state index contributed by atoms with van der Waals surface area (Å²) in [5.41, 5.74) is 8.22. The quantitative estimate of drug-likeness (QED) is 0.413. The number of rotatable bonds is 5. The zero-order chi connectivity index (χ0) is 23.8. The van der Waals surface area contributed by atoms with Crippen molar-refractivity contribution in [3.63, 3.8) is 0 Å². The number of H-pyrrole nitrogens is 1. The molecule has 0 bridgehead atoms. The second-order valence-corrected chi connectivity index (χ2v) is 7.91. The van der Waals surface area contributed by atoms with E-state index >= 15 is 0 Å². The zero-order valence-corrected chi connectivity index (χ0v) is 18.9. The first-order valence-electron chi connectivity index (χ1n) is 11.3. The van der Waals surface area contributed by atoms with Gasteiger partial charge in [-0.3, -0.25) is 9.89 Å². The molecule has 0 saturated carbocycles. The summed E-state index contributed by atoms with van der Waals surface area (Å²) in [4.78, 5) is 21.1. The number of aromatic amines is 1.